The maximum Gasteiger partial charge on any atom is 0.326 e. The molecule has 0 unspecified atom stereocenters. The number of amides is 1. The van der Waals surface area contributed by atoms with Gasteiger partial charge in [0.1, 0.15) is 6.04 Å². The summed E-state index contributed by atoms with van der Waals surface area (Å²) < 4.78 is 23.4. The van der Waals surface area contributed by atoms with Crippen molar-refractivity contribution >= 4 is 21.7 Å². The molecule has 0 spiro atoms. The van der Waals surface area contributed by atoms with E-state index in [1.807, 2.05) is 0 Å². The highest BCUT2D eigenvalue weighted by atomic mass is 32.2. The Balaban J connectivity index is 3.29. The highest BCUT2D eigenvalue weighted by Gasteiger charge is 2.25. The molecule has 7 heteroatoms. The van der Waals surface area contributed by atoms with Crippen molar-refractivity contribution in [1.82, 2.24) is 5.32 Å². The van der Waals surface area contributed by atoms with Gasteiger partial charge in [-0.1, -0.05) is 13.8 Å². The lowest BCUT2D eigenvalue weighted by atomic mass is 10.0. The largest absolute Gasteiger partial charge is 0.480 e. The Morgan fingerprint density at radius 1 is 1.18 bits per heavy atom. The zero-order valence-corrected chi connectivity index (χ0v) is 14.1. The van der Waals surface area contributed by atoms with E-state index in [2.05, 4.69) is 5.32 Å². The molecule has 1 amide bonds. The molecule has 0 bridgehead atoms. The van der Waals surface area contributed by atoms with E-state index in [4.69, 9.17) is 5.11 Å². The van der Waals surface area contributed by atoms with Crippen LogP contribution in [0.15, 0.2) is 17.0 Å². The minimum Gasteiger partial charge on any atom is -0.480 e. The fourth-order valence-corrected chi connectivity index (χ4v) is 2.73. The third kappa shape index (κ3) is 4.07. The van der Waals surface area contributed by atoms with Crippen molar-refractivity contribution in [2.75, 3.05) is 6.26 Å². The van der Waals surface area contributed by atoms with Gasteiger partial charge in [0, 0.05) is 11.8 Å². The minimum atomic E-state index is -3.46. The molecule has 0 saturated heterocycles. The molecule has 0 fully saturated rings. The summed E-state index contributed by atoms with van der Waals surface area (Å²) in [6.45, 7) is 6.77. The number of carboxylic acids is 1. The third-order valence-corrected chi connectivity index (χ3v) is 4.62. The first-order valence-corrected chi connectivity index (χ1v) is 8.69. The van der Waals surface area contributed by atoms with Gasteiger partial charge in [0.05, 0.1) is 4.90 Å². The molecule has 0 heterocycles. The molecule has 0 aromatic heterocycles. The monoisotopic (exact) mass is 327 g/mol. The van der Waals surface area contributed by atoms with Crippen LogP contribution in [0.25, 0.3) is 0 Å². The van der Waals surface area contributed by atoms with E-state index in [0.29, 0.717) is 11.1 Å². The Morgan fingerprint density at radius 2 is 1.73 bits per heavy atom. The van der Waals surface area contributed by atoms with E-state index in [1.54, 1.807) is 27.7 Å². The summed E-state index contributed by atoms with van der Waals surface area (Å²) in [5.74, 6) is -2.01. The van der Waals surface area contributed by atoms with E-state index < -0.39 is 27.8 Å². The van der Waals surface area contributed by atoms with Gasteiger partial charge >= 0.3 is 5.97 Å². The molecule has 22 heavy (non-hydrogen) atoms. The van der Waals surface area contributed by atoms with Gasteiger partial charge < -0.3 is 10.4 Å². The Labute approximate surface area is 130 Å². The van der Waals surface area contributed by atoms with Crippen molar-refractivity contribution in [3.8, 4) is 0 Å². The Hall–Kier alpha value is -1.89. The summed E-state index contributed by atoms with van der Waals surface area (Å²) in [7, 11) is -3.46. The summed E-state index contributed by atoms with van der Waals surface area (Å²) in [5, 5.41) is 11.6. The van der Waals surface area contributed by atoms with Crippen LogP contribution >= 0.6 is 0 Å². The molecule has 1 rings (SSSR count). The van der Waals surface area contributed by atoms with Gasteiger partial charge in [0.2, 0.25) is 0 Å². The van der Waals surface area contributed by atoms with E-state index in [0.717, 1.165) is 6.26 Å². The number of nitrogens with one attached hydrogen (secondary N) is 1. The van der Waals surface area contributed by atoms with Crippen LogP contribution in [-0.2, 0) is 14.6 Å². The van der Waals surface area contributed by atoms with Gasteiger partial charge in [-0.2, -0.15) is 0 Å². The molecule has 1 aromatic rings. The Kier molecular flexibility index (Phi) is 5.35. The number of carbonyl (C=O) groups is 2. The van der Waals surface area contributed by atoms with Crippen molar-refractivity contribution in [3.63, 3.8) is 0 Å². The lowest BCUT2D eigenvalue weighted by molar-refractivity contribution is -0.140. The molecule has 0 aliphatic carbocycles. The average molecular weight is 327 g/mol. The van der Waals surface area contributed by atoms with Gasteiger partial charge in [-0.15, -0.1) is 0 Å². The topological polar surface area (TPSA) is 101 Å². The number of aliphatic carboxylic acids is 1. The number of carbonyl (C=O) groups excluding carboxylic acids is 1. The van der Waals surface area contributed by atoms with Gasteiger partial charge in [-0.3, -0.25) is 4.79 Å². The van der Waals surface area contributed by atoms with E-state index >= 15 is 0 Å². The molecule has 1 atom stereocenters. The Bertz CT molecular complexity index is 707. The van der Waals surface area contributed by atoms with Crippen molar-refractivity contribution < 1.29 is 23.1 Å². The van der Waals surface area contributed by atoms with Crippen LogP contribution < -0.4 is 5.32 Å². The van der Waals surface area contributed by atoms with Crippen LogP contribution in [0.3, 0.4) is 0 Å². The average Bonchev–Trinajstić information content (AvgIpc) is 2.36. The molecule has 2 N–H and O–H groups in total. The van der Waals surface area contributed by atoms with Gasteiger partial charge in [0.25, 0.3) is 5.91 Å². The first kappa shape index (κ1) is 18.2. The van der Waals surface area contributed by atoms with Crippen molar-refractivity contribution in [3.05, 3.63) is 28.8 Å². The number of hydrogen-bond donors (Lipinski definition) is 2. The van der Waals surface area contributed by atoms with Crippen LogP contribution in [0.1, 0.15) is 35.3 Å². The van der Waals surface area contributed by atoms with Crippen molar-refractivity contribution in [2.24, 2.45) is 5.92 Å². The molecular formula is C15H21NO5S. The highest BCUT2D eigenvalue weighted by Crippen LogP contribution is 2.20. The number of hydrogen-bond acceptors (Lipinski definition) is 4. The second-order valence-electron chi connectivity index (χ2n) is 5.72. The molecule has 0 radical (unpaired) electrons. The molecule has 6 nitrogen and oxygen atoms in total. The van der Waals surface area contributed by atoms with Crippen LogP contribution in [0.5, 0.6) is 0 Å². The fraction of sp³-hybridized carbons (Fsp3) is 0.467. The number of carboxylic acid groups (broad SMARTS) is 1. The SMILES string of the molecule is Cc1cc(S(C)(=O)=O)cc(C(=O)N[C@H](C(=O)O)C(C)C)c1C. The van der Waals surface area contributed by atoms with Crippen LogP contribution in [-0.4, -0.2) is 37.7 Å². The predicted octanol–water partition coefficient (Wildman–Crippen LogP) is 1.55. The second kappa shape index (κ2) is 6.48. The van der Waals surface area contributed by atoms with Crippen molar-refractivity contribution in [1.29, 1.82) is 0 Å². The van der Waals surface area contributed by atoms with Crippen LogP contribution in [0.2, 0.25) is 0 Å². The second-order valence-corrected chi connectivity index (χ2v) is 7.73. The number of rotatable bonds is 5. The van der Waals surface area contributed by atoms with E-state index in [1.165, 1.54) is 12.1 Å². The van der Waals surface area contributed by atoms with Crippen LogP contribution in [0, 0.1) is 19.8 Å². The summed E-state index contributed by atoms with van der Waals surface area (Å²) >= 11 is 0. The molecule has 0 aliphatic rings. The third-order valence-electron chi connectivity index (χ3n) is 3.53. The van der Waals surface area contributed by atoms with E-state index in [9.17, 15) is 18.0 Å². The summed E-state index contributed by atoms with van der Waals surface area (Å²) in [5.41, 5.74) is 1.45. The standard InChI is InChI=1S/C15H21NO5S/c1-8(2)13(15(18)19)16-14(17)12-7-11(22(5,20)21)6-9(3)10(12)4/h6-8,13H,1-5H3,(H,16,17)(H,18,19)/t13-/m0/s1. The maximum absolute atomic E-state index is 12.3. The minimum absolute atomic E-state index is 0.0390. The lowest BCUT2D eigenvalue weighted by Gasteiger charge is -2.19. The summed E-state index contributed by atoms with van der Waals surface area (Å²) in [6, 6.07) is 1.75. The molecule has 1 aromatic carbocycles. The quantitative estimate of drug-likeness (QED) is 0.854. The summed E-state index contributed by atoms with van der Waals surface area (Å²) in [6.07, 6.45) is 1.06. The zero-order chi connectivity index (χ0) is 17.2. The lowest BCUT2D eigenvalue weighted by Crippen LogP contribution is -2.44. The molecular weight excluding hydrogens is 306 g/mol. The predicted molar refractivity (Wildman–Crippen MR) is 82.8 cm³/mol. The van der Waals surface area contributed by atoms with Crippen molar-refractivity contribution in [2.45, 2.75) is 38.6 Å². The van der Waals surface area contributed by atoms with E-state index in [-0.39, 0.29) is 16.4 Å². The zero-order valence-electron chi connectivity index (χ0n) is 13.3. The molecule has 0 aliphatic heterocycles. The molecule has 0 saturated carbocycles. The summed E-state index contributed by atoms with van der Waals surface area (Å²) in [4.78, 5) is 23.6. The first-order chi connectivity index (χ1) is 9.95. The van der Waals surface area contributed by atoms with Gasteiger partial charge in [-0.25, -0.2) is 13.2 Å². The normalized spacial score (nSPS) is 13.0. The Morgan fingerprint density at radius 3 is 2.14 bits per heavy atom. The molecule has 122 valence electrons. The van der Waals surface area contributed by atoms with Crippen LogP contribution in [0.4, 0.5) is 0 Å². The van der Waals surface area contributed by atoms with Gasteiger partial charge in [-0.05, 0) is 43.0 Å². The maximum atomic E-state index is 12.3. The fourth-order valence-electron chi connectivity index (χ4n) is 2.01. The number of aryl methyl sites for hydroxylation is 1. The number of sulfone groups is 1. The first-order valence-electron chi connectivity index (χ1n) is 6.80. The highest BCUT2D eigenvalue weighted by molar-refractivity contribution is 7.90. The smallest absolute Gasteiger partial charge is 0.326 e. The number of benzene rings is 1. The van der Waals surface area contributed by atoms with Gasteiger partial charge in [0.15, 0.2) is 9.84 Å².